The number of rotatable bonds is 4. The van der Waals surface area contributed by atoms with Gasteiger partial charge < -0.3 is 11.6 Å². The van der Waals surface area contributed by atoms with Gasteiger partial charge in [0.25, 0.3) is 0 Å². The first kappa shape index (κ1) is 18.0. The van der Waals surface area contributed by atoms with Crippen molar-refractivity contribution in [3.63, 3.8) is 0 Å². The van der Waals surface area contributed by atoms with Gasteiger partial charge >= 0.3 is 40.0 Å². The third-order valence-electron chi connectivity index (χ3n) is 2.61. The van der Waals surface area contributed by atoms with E-state index in [-0.39, 0.29) is 42.5 Å². The summed E-state index contributed by atoms with van der Waals surface area (Å²) in [5.74, 6) is 0.0372. The maximum atomic E-state index is 11.0. The summed E-state index contributed by atoms with van der Waals surface area (Å²) in [6.45, 7) is 0. The van der Waals surface area contributed by atoms with E-state index >= 15 is 0 Å². The molecule has 108 valence electrons. The number of hydrogen-bond acceptors (Lipinski definition) is 5. The molecular weight excluding hydrogens is 307 g/mol. The van der Waals surface area contributed by atoms with E-state index < -0.39 is 16.5 Å². The molecule has 0 fully saturated rings. The second-order valence-electron chi connectivity index (χ2n) is 4.09. The average molecular weight is 320 g/mol. The molecule has 0 spiro atoms. The number of benzene rings is 2. The fourth-order valence-corrected chi connectivity index (χ4v) is 2.19. The molecule has 2 rings (SSSR count). The molecule has 0 aliphatic heterocycles. The van der Waals surface area contributed by atoms with Gasteiger partial charge in [-0.15, -0.1) is 0 Å². The van der Waals surface area contributed by atoms with Crippen LogP contribution in [0.4, 0.5) is 0 Å². The molecule has 6 nitrogen and oxygen atoms in total. The summed E-state index contributed by atoms with van der Waals surface area (Å²) in [7, 11) is -4.66. The minimum atomic E-state index is -4.66. The maximum absolute atomic E-state index is 11.0. The molecule has 2 aromatic carbocycles. The van der Waals surface area contributed by atoms with E-state index in [1.807, 2.05) is 0 Å². The van der Waals surface area contributed by atoms with E-state index in [9.17, 15) is 18.6 Å². The van der Waals surface area contributed by atoms with Crippen molar-refractivity contribution in [1.82, 2.24) is 0 Å². The van der Waals surface area contributed by atoms with Crippen molar-refractivity contribution >= 4 is 10.4 Å². The molecule has 0 unspecified atom stereocenters. The van der Waals surface area contributed by atoms with Crippen molar-refractivity contribution in [2.45, 2.75) is 6.10 Å². The zero-order valence-electron chi connectivity index (χ0n) is 12.2. The van der Waals surface area contributed by atoms with Gasteiger partial charge in [0.15, 0.2) is 0 Å². The third kappa shape index (κ3) is 5.31. The minimum absolute atomic E-state index is 0. The van der Waals surface area contributed by atoms with Crippen LogP contribution in [0.2, 0.25) is 0 Å². The normalized spacial score (nSPS) is 11.1. The van der Waals surface area contributed by atoms with Gasteiger partial charge in [0, 0.05) is 0 Å². The van der Waals surface area contributed by atoms with Crippen LogP contribution in [0.25, 0.3) is 0 Å². The first-order chi connectivity index (χ1) is 9.35. The standard InChI is InChI=1S/C13H12O6S.Na.H/c14-11-5-1-9(2-6-11)13(19-20(16,17)18)10-3-7-12(15)8-4-10;;/h1-8,13-15H,(H,16,17,18);;/q;+1;-1. The minimum Gasteiger partial charge on any atom is -1.00 e. The molecule has 3 N–H and O–H groups in total. The van der Waals surface area contributed by atoms with Crippen molar-refractivity contribution in [2.24, 2.45) is 0 Å². The van der Waals surface area contributed by atoms with Crippen LogP contribution in [0.5, 0.6) is 11.5 Å². The van der Waals surface area contributed by atoms with E-state index in [1.165, 1.54) is 48.5 Å². The van der Waals surface area contributed by atoms with Gasteiger partial charge in [0.05, 0.1) is 0 Å². The zero-order valence-corrected chi connectivity index (χ0v) is 14.0. The van der Waals surface area contributed by atoms with Crippen molar-refractivity contribution in [2.75, 3.05) is 0 Å². The van der Waals surface area contributed by atoms with Crippen LogP contribution in [0, 0.1) is 0 Å². The quantitative estimate of drug-likeness (QED) is 0.499. The Morgan fingerprint density at radius 1 is 0.857 bits per heavy atom. The van der Waals surface area contributed by atoms with Crippen LogP contribution in [0.1, 0.15) is 18.7 Å². The van der Waals surface area contributed by atoms with Gasteiger partial charge in [-0.25, -0.2) is 4.18 Å². The molecule has 0 radical (unpaired) electrons. The fourth-order valence-electron chi connectivity index (χ4n) is 1.72. The molecule has 0 amide bonds. The molecular formula is C13H13NaO6S. The zero-order chi connectivity index (χ0) is 14.8. The first-order valence-electron chi connectivity index (χ1n) is 5.59. The number of phenols is 2. The van der Waals surface area contributed by atoms with Gasteiger partial charge in [-0.05, 0) is 35.4 Å². The molecule has 0 aliphatic rings. The van der Waals surface area contributed by atoms with Crippen molar-refractivity contribution < 1.29 is 58.4 Å². The molecule has 0 heterocycles. The van der Waals surface area contributed by atoms with E-state index in [4.69, 9.17) is 4.55 Å². The Bertz CT molecular complexity index is 642. The van der Waals surface area contributed by atoms with E-state index in [0.29, 0.717) is 11.1 Å². The Labute approximate surface area is 145 Å². The Morgan fingerprint density at radius 3 is 1.48 bits per heavy atom. The SMILES string of the molecule is O=S(=O)(O)OC(c1ccc(O)cc1)c1ccc(O)cc1.[H-].[Na+]. The van der Waals surface area contributed by atoms with E-state index in [0.717, 1.165) is 0 Å². The molecule has 0 saturated heterocycles. The molecule has 0 aliphatic carbocycles. The Hall–Kier alpha value is -1.09. The van der Waals surface area contributed by atoms with Crippen molar-refractivity contribution in [1.29, 1.82) is 0 Å². The Balaban J connectivity index is 0.00000220. The summed E-state index contributed by atoms with van der Waals surface area (Å²) in [6, 6.07) is 11.4. The predicted molar refractivity (Wildman–Crippen MR) is 71.8 cm³/mol. The van der Waals surface area contributed by atoms with Crippen LogP contribution in [-0.4, -0.2) is 23.2 Å². The van der Waals surface area contributed by atoms with E-state index in [2.05, 4.69) is 4.18 Å². The summed E-state index contributed by atoms with van der Waals surface area (Å²) >= 11 is 0. The number of aromatic hydroxyl groups is 2. The molecule has 8 heteroatoms. The molecule has 0 aromatic heterocycles. The molecule has 2 aromatic rings. The summed E-state index contributed by atoms with van der Waals surface area (Å²) in [5, 5.41) is 18.5. The van der Waals surface area contributed by atoms with Crippen LogP contribution in [0.15, 0.2) is 48.5 Å². The summed E-state index contributed by atoms with van der Waals surface area (Å²) in [6.07, 6.45) is -1.08. The van der Waals surface area contributed by atoms with E-state index in [1.54, 1.807) is 0 Å². The van der Waals surface area contributed by atoms with Gasteiger partial charge in [0.2, 0.25) is 0 Å². The molecule has 21 heavy (non-hydrogen) atoms. The molecule has 0 saturated carbocycles. The first-order valence-corrected chi connectivity index (χ1v) is 6.95. The van der Waals surface area contributed by atoms with Crippen LogP contribution in [-0.2, 0) is 14.6 Å². The largest absolute Gasteiger partial charge is 1.00 e. The van der Waals surface area contributed by atoms with Gasteiger partial charge in [0.1, 0.15) is 17.6 Å². The van der Waals surface area contributed by atoms with Crippen LogP contribution >= 0.6 is 0 Å². The third-order valence-corrected chi connectivity index (χ3v) is 3.05. The smallest absolute Gasteiger partial charge is 1.00 e. The Kier molecular flexibility index (Phi) is 6.21. The van der Waals surface area contributed by atoms with Gasteiger partial charge in [-0.3, -0.25) is 4.55 Å². The monoisotopic (exact) mass is 320 g/mol. The second-order valence-corrected chi connectivity index (χ2v) is 5.13. The fraction of sp³-hybridized carbons (Fsp3) is 0.0769. The number of hydrogen-bond donors (Lipinski definition) is 3. The van der Waals surface area contributed by atoms with Crippen molar-refractivity contribution in [3.8, 4) is 11.5 Å². The second kappa shape index (κ2) is 7.26. The summed E-state index contributed by atoms with van der Waals surface area (Å²) < 4.78 is 35.4. The van der Waals surface area contributed by atoms with Gasteiger partial charge in [-0.1, -0.05) is 24.3 Å². The average Bonchev–Trinajstić information content (AvgIpc) is 2.37. The van der Waals surface area contributed by atoms with Crippen molar-refractivity contribution in [3.05, 3.63) is 59.7 Å². The molecule has 0 atom stereocenters. The maximum Gasteiger partial charge on any atom is 1.00 e. The van der Waals surface area contributed by atoms with Crippen LogP contribution in [0.3, 0.4) is 0 Å². The molecule has 0 bridgehead atoms. The van der Waals surface area contributed by atoms with Crippen LogP contribution < -0.4 is 29.6 Å². The predicted octanol–water partition coefficient (Wildman–Crippen LogP) is -0.877. The summed E-state index contributed by atoms with van der Waals surface area (Å²) in [5.41, 5.74) is 0.845. The van der Waals surface area contributed by atoms with Gasteiger partial charge in [-0.2, -0.15) is 8.42 Å². The number of phenolic OH excluding ortho intramolecular Hbond substituents is 2. The topological polar surface area (TPSA) is 104 Å². The Morgan fingerprint density at radius 2 is 1.19 bits per heavy atom. The summed E-state index contributed by atoms with van der Waals surface area (Å²) in [4.78, 5) is 0.